The molecule has 3 rings (SSSR count). The number of amides is 1. The highest BCUT2D eigenvalue weighted by Crippen LogP contribution is 2.16. The topological polar surface area (TPSA) is 59.2 Å². The fourth-order valence-electron chi connectivity index (χ4n) is 3.23. The minimum Gasteiger partial charge on any atom is -0.340 e. The Labute approximate surface area is 142 Å². The number of hydrogen-bond donors (Lipinski definition) is 0. The second-order valence-corrected chi connectivity index (χ2v) is 6.45. The number of aromatic nitrogens is 4. The molecule has 0 saturated carbocycles. The molecule has 0 N–H and O–H groups in total. The van der Waals surface area contributed by atoms with Crippen molar-refractivity contribution in [2.45, 2.75) is 33.4 Å². The standard InChI is InChI=1S/C17H26N6O/c1-14-16(15(2)20(3)19-14)13-21-9-11-22(12-10-21)17(24)5-8-23-7-4-6-18-23/h4,6-7H,5,8-13H2,1-3H3. The van der Waals surface area contributed by atoms with Crippen LogP contribution in [0.25, 0.3) is 0 Å². The summed E-state index contributed by atoms with van der Waals surface area (Å²) in [4.78, 5) is 16.7. The van der Waals surface area contributed by atoms with Gasteiger partial charge < -0.3 is 4.90 Å². The molecule has 0 bridgehead atoms. The largest absolute Gasteiger partial charge is 0.340 e. The Hall–Kier alpha value is -2.15. The molecule has 0 radical (unpaired) electrons. The summed E-state index contributed by atoms with van der Waals surface area (Å²) in [6, 6.07) is 1.88. The number of aryl methyl sites for hydroxylation is 3. The van der Waals surface area contributed by atoms with Gasteiger partial charge in [0.25, 0.3) is 0 Å². The molecule has 1 aliphatic rings. The normalized spacial score (nSPS) is 15.9. The number of nitrogens with zero attached hydrogens (tertiary/aromatic N) is 6. The fourth-order valence-corrected chi connectivity index (χ4v) is 3.23. The minimum atomic E-state index is 0.221. The quantitative estimate of drug-likeness (QED) is 0.820. The van der Waals surface area contributed by atoms with Gasteiger partial charge in [-0.1, -0.05) is 0 Å². The first-order valence-corrected chi connectivity index (χ1v) is 8.51. The lowest BCUT2D eigenvalue weighted by Gasteiger charge is -2.34. The van der Waals surface area contributed by atoms with E-state index in [1.54, 1.807) is 6.20 Å². The molecule has 24 heavy (non-hydrogen) atoms. The van der Waals surface area contributed by atoms with Crippen LogP contribution in [0, 0.1) is 13.8 Å². The van der Waals surface area contributed by atoms with Gasteiger partial charge in [0.1, 0.15) is 0 Å². The first-order chi connectivity index (χ1) is 11.5. The molecule has 0 spiro atoms. The van der Waals surface area contributed by atoms with E-state index in [1.807, 2.05) is 33.6 Å². The van der Waals surface area contributed by atoms with Gasteiger partial charge in [0.2, 0.25) is 5.91 Å². The van der Waals surface area contributed by atoms with Gasteiger partial charge in [-0.15, -0.1) is 0 Å². The molecule has 2 aromatic heterocycles. The van der Waals surface area contributed by atoms with Gasteiger partial charge in [-0.2, -0.15) is 10.2 Å². The van der Waals surface area contributed by atoms with Crippen LogP contribution in [0.5, 0.6) is 0 Å². The van der Waals surface area contributed by atoms with Crippen LogP contribution in [0.1, 0.15) is 23.4 Å². The van der Waals surface area contributed by atoms with Crippen molar-refractivity contribution in [1.29, 1.82) is 0 Å². The number of rotatable bonds is 5. The third-order valence-corrected chi connectivity index (χ3v) is 4.88. The van der Waals surface area contributed by atoms with Crippen LogP contribution in [-0.4, -0.2) is 61.4 Å². The molecule has 0 unspecified atom stereocenters. The fraction of sp³-hybridized carbons (Fsp3) is 0.588. The summed E-state index contributed by atoms with van der Waals surface area (Å²) in [5.41, 5.74) is 3.65. The van der Waals surface area contributed by atoms with E-state index in [0.29, 0.717) is 13.0 Å². The molecular weight excluding hydrogens is 304 g/mol. The van der Waals surface area contributed by atoms with E-state index in [9.17, 15) is 4.79 Å². The van der Waals surface area contributed by atoms with E-state index in [4.69, 9.17) is 0 Å². The van der Waals surface area contributed by atoms with Crippen LogP contribution in [0.3, 0.4) is 0 Å². The number of piperazine rings is 1. The highest BCUT2D eigenvalue weighted by molar-refractivity contribution is 5.76. The lowest BCUT2D eigenvalue weighted by molar-refractivity contribution is -0.133. The van der Waals surface area contributed by atoms with Crippen molar-refractivity contribution in [3.63, 3.8) is 0 Å². The molecule has 0 aliphatic carbocycles. The summed E-state index contributed by atoms with van der Waals surface area (Å²) < 4.78 is 3.75. The number of carbonyl (C=O) groups excluding carboxylic acids is 1. The highest BCUT2D eigenvalue weighted by Gasteiger charge is 2.22. The average Bonchev–Trinajstić information content (AvgIpc) is 3.18. The van der Waals surface area contributed by atoms with E-state index in [0.717, 1.165) is 38.4 Å². The summed E-state index contributed by atoms with van der Waals surface area (Å²) >= 11 is 0. The third-order valence-electron chi connectivity index (χ3n) is 4.88. The smallest absolute Gasteiger partial charge is 0.224 e. The molecule has 7 heteroatoms. The summed E-state index contributed by atoms with van der Waals surface area (Å²) in [6.45, 7) is 9.19. The van der Waals surface area contributed by atoms with Crippen molar-refractivity contribution >= 4 is 5.91 Å². The van der Waals surface area contributed by atoms with Gasteiger partial charge in [-0.25, -0.2) is 0 Å². The SMILES string of the molecule is Cc1nn(C)c(C)c1CN1CCN(C(=O)CCn2cccn2)CC1. The van der Waals surface area contributed by atoms with Crippen LogP contribution in [0.15, 0.2) is 18.5 Å². The maximum atomic E-state index is 12.3. The Balaban J connectivity index is 1.47. The van der Waals surface area contributed by atoms with Crippen molar-refractivity contribution in [2.75, 3.05) is 26.2 Å². The molecule has 3 heterocycles. The Morgan fingerprint density at radius 2 is 1.96 bits per heavy atom. The van der Waals surface area contributed by atoms with Crippen molar-refractivity contribution < 1.29 is 4.79 Å². The van der Waals surface area contributed by atoms with E-state index in [-0.39, 0.29) is 5.91 Å². The number of hydrogen-bond acceptors (Lipinski definition) is 4. The molecule has 1 aliphatic heterocycles. The molecule has 0 aromatic carbocycles. The first kappa shape index (κ1) is 16.7. The van der Waals surface area contributed by atoms with Gasteiger partial charge in [0, 0.05) is 76.4 Å². The Bertz CT molecular complexity index is 682. The van der Waals surface area contributed by atoms with Crippen molar-refractivity contribution in [3.05, 3.63) is 35.4 Å². The average molecular weight is 330 g/mol. The zero-order valence-electron chi connectivity index (χ0n) is 14.8. The van der Waals surface area contributed by atoms with E-state index in [1.165, 1.54) is 11.3 Å². The lowest BCUT2D eigenvalue weighted by Crippen LogP contribution is -2.48. The summed E-state index contributed by atoms with van der Waals surface area (Å²) in [6.07, 6.45) is 4.15. The third kappa shape index (κ3) is 3.67. The molecule has 2 aromatic rings. The summed E-state index contributed by atoms with van der Waals surface area (Å²) in [7, 11) is 1.99. The van der Waals surface area contributed by atoms with Crippen molar-refractivity contribution in [3.8, 4) is 0 Å². The lowest BCUT2D eigenvalue weighted by atomic mass is 10.1. The van der Waals surface area contributed by atoms with Crippen LogP contribution in [-0.2, 0) is 24.9 Å². The van der Waals surface area contributed by atoms with Gasteiger partial charge in [0.05, 0.1) is 5.69 Å². The van der Waals surface area contributed by atoms with Gasteiger partial charge in [-0.05, 0) is 19.9 Å². The Morgan fingerprint density at radius 1 is 1.21 bits per heavy atom. The predicted molar refractivity (Wildman–Crippen MR) is 91.4 cm³/mol. The Morgan fingerprint density at radius 3 is 2.54 bits per heavy atom. The molecule has 1 amide bonds. The van der Waals surface area contributed by atoms with Crippen LogP contribution >= 0.6 is 0 Å². The van der Waals surface area contributed by atoms with Crippen LogP contribution in [0.2, 0.25) is 0 Å². The summed E-state index contributed by atoms with van der Waals surface area (Å²) in [5.74, 6) is 0.221. The maximum absolute atomic E-state index is 12.3. The molecule has 130 valence electrons. The summed E-state index contributed by atoms with van der Waals surface area (Å²) in [5, 5.41) is 8.63. The molecule has 0 atom stereocenters. The zero-order valence-corrected chi connectivity index (χ0v) is 14.8. The van der Waals surface area contributed by atoms with Gasteiger partial charge in [-0.3, -0.25) is 19.1 Å². The second-order valence-electron chi connectivity index (χ2n) is 6.45. The first-order valence-electron chi connectivity index (χ1n) is 8.51. The zero-order chi connectivity index (χ0) is 17.1. The maximum Gasteiger partial charge on any atom is 0.224 e. The van der Waals surface area contributed by atoms with Crippen molar-refractivity contribution in [1.82, 2.24) is 29.4 Å². The molecular formula is C17H26N6O. The Kier molecular flexibility index (Phi) is 4.99. The molecule has 1 fully saturated rings. The molecule has 7 nitrogen and oxygen atoms in total. The van der Waals surface area contributed by atoms with E-state index in [2.05, 4.69) is 28.9 Å². The van der Waals surface area contributed by atoms with Crippen LogP contribution in [0.4, 0.5) is 0 Å². The van der Waals surface area contributed by atoms with Gasteiger partial charge >= 0.3 is 0 Å². The van der Waals surface area contributed by atoms with Crippen LogP contribution < -0.4 is 0 Å². The van der Waals surface area contributed by atoms with E-state index >= 15 is 0 Å². The monoisotopic (exact) mass is 330 g/mol. The minimum absolute atomic E-state index is 0.221. The van der Waals surface area contributed by atoms with Gasteiger partial charge in [0.15, 0.2) is 0 Å². The highest BCUT2D eigenvalue weighted by atomic mass is 16.2. The number of carbonyl (C=O) groups is 1. The van der Waals surface area contributed by atoms with E-state index < -0.39 is 0 Å². The second kappa shape index (κ2) is 7.17. The van der Waals surface area contributed by atoms with Crippen molar-refractivity contribution in [2.24, 2.45) is 7.05 Å². The predicted octanol–water partition coefficient (Wildman–Crippen LogP) is 0.968. The molecule has 1 saturated heterocycles.